The van der Waals surface area contributed by atoms with Gasteiger partial charge in [-0.15, -0.1) is 0 Å². The molecule has 1 aromatic carbocycles. The highest BCUT2D eigenvalue weighted by atomic mass is 32.2. The molecule has 0 spiro atoms. The van der Waals surface area contributed by atoms with Crippen molar-refractivity contribution in [2.24, 2.45) is 0 Å². The van der Waals surface area contributed by atoms with Crippen molar-refractivity contribution in [1.29, 1.82) is 0 Å². The number of hydrogen-bond acceptors (Lipinski definition) is 3. The largest absolute Gasteiger partial charge is 0.316 e. The fourth-order valence-corrected chi connectivity index (χ4v) is 2.00. The maximum absolute atomic E-state index is 12.8. The summed E-state index contributed by atoms with van der Waals surface area (Å²) in [6.07, 6.45) is 0.733. The summed E-state index contributed by atoms with van der Waals surface area (Å²) in [5.41, 5.74) is 0.537. The van der Waals surface area contributed by atoms with Crippen LogP contribution in [-0.2, 0) is 16.5 Å². The van der Waals surface area contributed by atoms with Crippen molar-refractivity contribution in [2.45, 2.75) is 12.8 Å². The SMILES string of the molecule is O=S(=O)(O)CCCNCCc1cc(F)cc(F)c1. The third-order valence-electron chi connectivity index (χ3n) is 2.27. The van der Waals surface area contributed by atoms with Gasteiger partial charge in [0.1, 0.15) is 11.6 Å². The fraction of sp³-hybridized carbons (Fsp3) is 0.455. The van der Waals surface area contributed by atoms with E-state index in [0.717, 1.165) is 6.07 Å². The number of halogens is 2. The highest BCUT2D eigenvalue weighted by Crippen LogP contribution is 2.07. The second-order valence-electron chi connectivity index (χ2n) is 3.92. The minimum atomic E-state index is -3.91. The quantitative estimate of drug-likeness (QED) is 0.584. The predicted octanol–water partition coefficient (Wildman–Crippen LogP) is 1.37. The zero-order chi connectivity index (χ0) is 13.6. The van der Waals surface area contributed by atoms with Crippen molar-refractivity contribution in [3.05, 3.63) is 35.4 Å². The number of hydrogen-bond donors (Lipinski definition) is 2. The van der Waals surface area contributed by atoms with Crippen LogP contribution in [0.25, 0.3) is 0 Å². The van der Waals surface area contributed by atoms with Crippen molar-refractivity contribution < 1.29 is 21.8 Å². The Bertz CT molecular complexity index is 471. The minimum Gasteiger partial charge on any atom is -0.316 e. The van der Waals surface area contributed by atoms with Gasteiger partial charge in [0, 0.05) is 6.07 Å². The Kier molecular flexibility index (Phi) is 5.64. The first kappa shape index (κ1) is 15.0. The van der Waals surface area contributed by atoms with E-state index in [4.69, 9.17) is 4.55 Å². The molecule has 102 valence electrons. The van der Waals surface area contributed by atoms with Gasteiger partial charge in [-0.2, -0.15) is 8.42 Å². The molecule has 0 aliphatic carbocycles. The summed E-state index contributed by atoms with van der Waals surface area (Å²) in [6, 6.07) is 3.31. The van der Waals surface area contributed by atoms with Crippen molar-refractivity contribution >= 4 is 10.1 Å². The molecule has 4 nitrogen and oxygen atoms in total. The maximum atomic E-state index is 12.8. The first-order chi connectivity index (χ1) is 8.37. The summed E-state index contributed by atoms with van der Waals surface area (Å²) < 4.78 is 55.0. The van der Waals surface area contributed by atoms with Crippen LogP contribution in [-0.4, -0.2) is 31.8 Å². The molecule has 1 aromatic rings. The van der Waals surface area contributed by atoms with E-state index in [-0.39, 0.29) is 12.2 Å². The zero-order valence-corrected chi connectivity index (χ0v) is 10.5. The maximum Gasteiger partial charge on any atom is 0.264 e. The number of benzene rings is 1. The van der Waals surface area contributed by atoms with Gasteiger partial charge in [0.2, 0.25) is 0 Å². The molecule has 0 unspecified atom stereocenters. The van der Waals surface area contributed by atoms with Crippen molar-refractivity contribution in [3.63, 3.8) is 0 Å². The van der Waals surface area contributed by atoms with E-state index in [9.17, 15) is 17.2 Å². The van der Waals surface area contributed by atoms with Gasteiger partial charge in [-0.25, -0.2) is 8.78 Å². The third-order valence-corrected chi connectivity index (χ3v) is 3.07. The van der Waals surface area contributed by atoms with Gasteiger partial charge in [0.25, 0.3) is 10.1 Å². The summed E-state index contributed by atoms with van der Waals surface area (Å²) in [5, 5.41) is 2.92. The van der Waals surface area contributed by atoms with Crippen molar-refractivity contribution in [1.82, 2.24) is 5.32 Å². The molecule has 0 aromatic heterocycles. The second-order valence-corrected chi connectivity index (χ2v) is 5.49. The van der Waals surface area contributed by atoms with Crippen LogP contribution in [0, 0.1) is 11.6 Å². The predicted molar refractivity (Wildman–Crippen MR) is 64.0 cm³/mol. The summed E-state index contributed by atoms with van der Waals surface area (Å²) in [6.45, 7) is 0.895. The molecule has 7 heteroatoms. The molecule has 0 bridgehead atoms. The summed E-state index contributed by atoms with van der Waals surface area (Å²) >= 11 is 0. The van der Waals surface area contributed by atoms with E-state index in [0.29, 0.717) is 25.1 Å². The van der Waals surface area contributed by atoms with Crippen LogP contribution in [0.3, 0.4) is 0 Å². The molecule has 0 saturated carbocycles. The lowest BCUT2D eigenvalue weighted by Gasteiger charge is -2.04. The van der Waals surface area contributed by atoms with Crippen LogP contribution in [0.5, 0.6) is 0 Å². The smallest absolute Gasteiger partial charge is 0.264 e. The van der Waals surface area contributed by atoms with E-state index in [2.05, 4.69) is 5.32 Å². The second kappa shape index (κ2) is 6.77. The summed E-state index contributed by atoms with van der Waals surface area (Å²) in [5.74, 6) is -1.53. The van der Waals surface area contributed by atoms with Crippen LogP contribution in [0.2, 0.25) is 0 Å². The molecule has 0 aliphatic rings. The lowest BCUT2D eigenvalue weighted by atomic mass is 10.1. The zero-order valence-electron chi connectivity index (χ0n) is 9.70. The first-order valence-corrected chi connectivity index (χ1v) is 7.08. The Balaban J connectivity index is 2.22. The van der Waals surface area contributed by atoms with Crippen LogP contribution in [0.4, 0.5) is 8.78 Å². The average Bonchev–Trinajstić information content (AvgIpc) is 2.20. The molecule has 0 saturated heterocycles. The Morgan fingerprint density at radius 1 is 1.11 bits per heavy atom. The summed E-state index contributed by atoms with van der Waals surface area (Å²) in [4.78, 5) is 0. The van der Waals surface area contributed by atoms with Gasteiger partial charge in [-0.05, 0) is 43.6 Å². The fourth-order valence-electron chi connectivity index (χ4n) is 1.49. The van der Waals surface area contributed by atoms with E-state index in [1.54, 1.807) is 0 Å². The molecular formula is C11H15F2NO3S. The molecule has 18 heavy (non-hydrogen) atoms. The van der Waals surface area contributed by atoms with E-state index in [1.165, 1.54) is 12.1 Å². The molecule has 1 rings (SSSR count). The van der Waals surface area contributed by atoms with Gasteiger partial charge in [-0.1, -0.05) is 0 Å². The Morgan fingerprint density at radius 2 is 1.72 bits per heavy atom. The Hall–Kier alpha value is -1.05. The molecule has 0 aliphatic heterocycles. The molecule has 0 atom stereocenters. The standard InChI is InChI=1S/C11H15F2NO3S/c12-10-6-9(7-11(13)8-10)2-4-14-3-1-5-18(15,16)17/h6-8,14H,1-5H2,(H,15,16,17). The molecule has 0 amide bonds. The van der Waals surface area contributed by atoms with Crippen LogP contribution >= 0.6 is 0 Å². The molecular weight excluding hydrogens is 264 g/mol. The monoisotopic (exact) mass is 279 g/mol. The van der Waals surface area contributed by atoms with Gasteiger partial charge >= 0.3 is 0 Å². The molecule has 2 N–H and O–H groups in total. The topological polar surface area (TPSA) is 66.4 Å². The molecule has 0 heterocycles. The van der Waals surface area contributed by atoms with Crippen LogP contribution in [0.15, 0.2) is 18.2 Å². The van der Waals surface area contributed by atoms with E-state index in [1.807, 2.05) is 0 Å². The lowest BCUT2D eigenvalue weighted by Crippen LogP contribution is -2.21. The van der Waals surface area contributed by atoms with Gasteiger partial charge in [0.05, 0.1) is 5.75 Å². The highest BCUT2D eigenvalue weighted by Gasteiger charge is 2.03. The normalized spacial score (nSPS) is 11.7. The third kappa shape index (κ3) is 6.63. The van der Waals surface area contributed by atoms with E-state index >= 15 is 0 Å². The number of rotatable bonds is 7. The summed E-state index contributed by atoms with van der Waals surface area (Å²) in [7, 11) is -3.91. The Labute approximate surface area is 105 Å². The van der Waals surface area contributed by atoms with Crippen molar-refractivity contribution in [3.8, 4) is 0 Å². The molecule has 0 radical (unpaired) electrons. The van der Waals surface area contributed by atoms with Gasteiger partial charge < -0.3 is 5.32 Å². The van der Waals surface area contributed by atoms with Gasteiger partial charge in [0.15, 0.2) is 0 Å². The minimum absolute atomic E-state index is 0.288. The average molecular weight is 279 g/mol. The number of nitrogens with one attached hydrogen (secondary N) is 1. The van der Waals surface area contributed by atoms with Crippen molar-refractivity contribution in [2.75, 3.05) is 18.8 Å². The van der Waals surface area contributed by atoms with E-state index < -0.39 is 21.8 Å². The van der Waals surface area contributed by atoms with Crippen LogP contribution < -0.4 is 5.32 Å². The first-order valence-electron chi connectivity index (χ1n) is 5.48. The van der Waals surface area contributed by atoms with Gasteiger partial charge in [-0.3, -0.25) is 4.55 Å². The molecule has 0 fully saturated rings. The van der Waals surface area contributed by atoms with Crippen LogP contribution in [0.1, 0.15) is 12.0 Å². The highest BCUT2D eigenvalue weighted by molar-refractivity contribution is 7.85. The Morgan fingerprint density at radius 3 is 2.28 bits per heavy atom. The lowest BCUT2D eigenvalue weighted by molar-refractivity contribution is 0.479.